The van der Waals surface area contributed by atoms with Crippen molar-refractivity contribution >= 4 is 23.5 Å². The quantitative estimate of drug-likeness (QED) is 0.791. The Balaban J connectivity index is 1.52. The minimum atomic E-state index is -1.29. The number of anilines is 1. The molecule has 0 saturated carbocycles. The van der Waals surface area contributed by atoms with E-state index in [0.29, 0.717) is 22.7 Å². The number of benzene rings is 2. The number of rotatable bonds is 4. The number of urea groups is 1. The molecule has 1 fully saturated rings. The third-order valence-electron chi connectivity index (χ3n) is 4.95. The molecule has 2 aliphatic rings. The Morgan fingerprint density at radius 3 is 2.71 bits per heavy atom. The summed E-state index contributed by atoms with van der Waals surface area (Å²) in [4.78, 5) is 38.7. The average Bonchev–Trinajstić information content (AvgIpc) is 3.22. The number of hydrogen-bond donors (Lipinski definition) is 2. The number of carbonyl (C=O) groups excluding carboxylic acids is 3. The van der Waals surface area contributed by atoms with E-state index < -0.39 is 23.4 Å². The molecule has 0 spiro atoms. The van der Waals surface area contributed by atoms with Gasteiger partial charge in [0.25, 0.3) is 5.91 Å². The number of nitrogens with one attached hydrogen (secondary N) is 2. The zero-order chi connectivity index (χ0) is 19.9. The van der Waals surface area contributed by atoms with Crippen LogP contribution >= 0.6 is 0 Å². The highest BCUT2D eigenvalue weighted by Gasteiger charge is 2.49. The van der Waals surface area contributed by atoms with Crippen LogP contribution in [0.5, 0.6) is 11.5 Å². The smallest absolute Gasteiger partial charge is 0.325 e. The van der Waals surface area contributed by atoms with Gasteiger partial charge in [-0.1, -0.05) is 24.3 Å². The molecule has 1 atom stereocenters. The highest BCUT2D eigenvalue weighted by molar-refractivity contribution is 6.10. The zero-order valence-corrected chi connectivity index (χ0v) is 15.4. The minimum Gasteiger partial charge on any atom is -0.454 e. The van der Waals surface area contributed by atoms with E-state index in [4.69, 9.17) is 9.47 Å². The fourth-order valence-electron chi connectivity index (χ4n) is 3.29. The Morgan fingerprint density at radius 2 is 1.93 bits per heavy atom. The van der Waals surface area contributed by atoms with Gasteiger partial charge in [0, 0.05) is 5.69 Å². The largest absolute Gasteiger partial charge is 0.454 e. The highest BCUT2D eigenvalue weighted by atomic mass is 16.7. The van der Waals surface area contributed by atoms with Gasteiger partial charge in [-0.15, -0.1) is 0 Å². The highest BCUT2D eigenvalue weighted by Crippen LogP contribution is 2.37. The summed E-state index contributed by atoms with van der Waals surface area (Å²) in [7, 11) is 0. The standard InChI is InChI=1S/C20H19N3O5/c1-12-5-3-4-6-14(12)21-17(24)10-23-18(25)20(2,22-19(23)26)13-7-8-15-16(9-13)28-11-27-15/h3-9H,10-11H2,1-2H3,(H,21,24)(H,22,26)/t20-/m0/s1. The molecule has 0 aliphatic carbocycles. The lowest BCUT2D eigenvalue weighted by molar-refractivity contribution is -0.133. The van der Waals surface area contributed by atoms with Crippen LogP contribution < -0.4 is 20.1 Å². The number of amides is 4. The molecule has 4 rings (SSSR count). The van der Waals surface area contributed by atoms with Gasteiger partial charge in [-0.25, -0.2) is 4.79 Å². The van der Waals surface area contributed by atoms with E-state index in [1.807, 2.05) is 19.1 Å². The second kappa shape index (κ2) is 6.56. The van der Waals surface area contributed by atoms with Gasteiger partial charge in [0.15, 0.2) is 11.5 Å². The van der Waals surface area contributed by atoms with Crippen LogP contribution in [0.15, 0.2) is 42.5 Å². The Kier molecular flexibility index (Phi) is 4.18. The van der Waals surface area contributed by atoms with Gasteiger partial charge in [-0.05, 0) is 43.2 Å². The molecule has 2 aromatic rings. The van der Waals surface area contributed by atoms with Crippen molar-refractivity contribution in [3.8, 4) is 11.5 Å². The van der Waals surface area contributed by atoms with Crippen molar-refractivity contribution in [1.29, 1.82) is 0 Å². The summed E-state index contributed by atoms with van der Waals surface area (Å²) in [5.74, 6) is 0.138. The number of aryl methyl sites for hydroxylation is 1. The van der Waals surface area contributed by atoms with Gasteiger partial charge in [0.05, 0.1) is 0 Å². The van der Waals surface area contributed by atoms with Crippen molar-refractivity contribution in [2.45, 2.75) is 19.4 Å². The molecule has 0 aromatic heterocycles. The Morgan fingerprint density at radius 1 is 1.18 bits per heavy atom. The first-order chi connectivity index (χ1) is 13.4. The first-order valence-corrected chi connectivity index (χ1v) is 8.78. The van der Waals surface area contributed by atoms with E-state index >= 15 is 0 Å². The maximum atomic E-state index is 13.0. The topological polar surface area (TPSA) is 97.0 Å². The fourth-order valence-corrected chi connectivity index (χ4v) is 3.29. The van der Waals surface area contributed by atoms with E-state index in [2.05, 4.69) is 10.6 Å². The molecule has 2 aliphatic heterocycles. The predicted molar refractivity (Wildman–Crippen MR) is 100.0 cm³/mol. The van der Waals surface area contributed by atoms with Crippen molar-refractivity contribution in [2.75, 3.05) is 18.7 Å². The summed E-state index contributed by atoms with van der Waals surface area (Å²) < 4.78 is 10.6. The first-order valence-electron chi connectivity index (χ1n) is 8.78. The molecule has 8 nitrogen and oxygen atoms in total. The van der Waals surface area contributed by atoms with Crippen LogP contribution in [0.25, 0.3) is 0 Å². The molecular weight excluding hydrogens is 362 g/mol. The van der Waals surface area contributed by atoms with Crippen LogP contribution in [0.4, 0.5) is 10.5 Å². The van der Waals surface area contributed by atoms with Crippen molar-refractivity contribution in [3.05, 3.63) is 53.6 Å². The predicted octanol–water partition coefficient (Wildman–Crippen LogP) is 2.13. The van der Waals surface area contributed by atoms with Crippen LogP contribution in [0, 0.1) is 6.92 Å². The number of nitrogens with zero attached hydrogens (tertiary/aromatic N) is 1. The van der Waals surface area contributed by atoms with Crippen LogP contribution in [0.3, 0.4) is 0 Å². The van der Waals surface area contributed by atoms with Crippen LogP contribution in [0.2, 0.25) is 0 Å². The van der Waals surface area contributed by atoms with Crippen LogP contribution in [-0.2, 0) is 15.1 Å². The fraction of sp³-hybridized carbons (Fsp3) is 0.250. The lowest BCUT2D eigenvalue weighted by atomic mass is 9.91. The van der Waals surface area contributed by atoms with Gasteiger partial charge in [0.2, 0.25) is 12.7 Å². The number of ether oxygens (including phenoxy) is 2. The van der Waals surface area contributed by atoms with Gasteiger partial charge in [0.1, 0.15) is 12.1 Å². The SMILES string of the molecule is Cc1ccccc1NC(=O)CN1C(=O)N[C@@](C)(c2ccc3c(c2)OCO3)C1=O. The number of hydrogen-bond acceptors (Lipinski definition) is 5. The average molecular weight is 381 g/mol. The maximum absolute atomic E-state index is 13.0. The third kappa shape index (κ3) is 2.92. The summed E-state index contributed by atoms with van der Waals surface area (Å²) in [6.07, 6.45) is 0. The van der Waals surface area contributed by atoms with Crippen molar-refractivity contribution in [3.63, 3.8) is 0 Å². The maximum Gasteiger partial charge on any atom is 0.325 e. The summed E-state index contributed by atoms with van der Waals surface area (Å²) in [5, 5.41) is 5.41. The second-order valence-electron chi connectivity index (χ2n) is 6.88. The molecular formula is C20H19N3O5. The molecule has 0 bridgehead atoms. The first kappa shape index (κ1) is 17.8. The summed E-state index contributed by atoms with van der Waals surface area (Å²) >= 11 is 0. The second-order valence-corrected chi connectivity index (χ2v) is 6.88. The summed E-state index contributed by atoms with van der Waals surface area (Å²) in [5.41, 5.74) is 0.786. The lowest BCUT2D eigenvalue weighted by Crippen LogP contribution is -2.42. The molecule has 28 heavy (non-hydrogen) atoms. The molecule has 4 amide bonds. The van der Waals surface area contributed by atoms with Gasteiger partial charge >= 0.3 is 6.03 Å². The van der Waals surface area contributed by atoms with E-state index in [1.165, 1.54) is 0 Å². The van der Waals surface area contributed by atoms with Gasteiger partial charge in [-0.3, -0.25) is 14.5 Å². The molecule has 2 heterocycles. The van der Waals surface area contributed by atoms with Gasteiger partial charge in [-0.2, -0.15) is 0 Å². The minimum absolute atomic E-state index is 0.112. The zero-order valence-electron chi connectivity index (χ0n) is 15.4. The van der Waals surface area contributed by atoms with E-state index in [-0.39, 0.29) is 13.3 Å². The lowest BCUT2D eigenvalue weighted by Gasteiger charge is -2.22. The molecule has 144 valence electrons. The summed E-state index contributed by atoms with van der Waals surface area (Å²) in [6, 6.07) is 11.7. The molecule has 0 radical (unpaired) electrons. The van der Waals surface area contributed by atoms with Crippen molar-refractivity contribution in [2.24, 2.45) is 0 Å². The monoisotopic (exact) mass is 381 g/mol. The Labute approximate surface area is 161 Å². The Hall–Kier alpha value is -3.55. The van der Waals surface area contributed by atoms with Gasteiger partial charge < -0.3 is 20.1 Å². The third-order valence-corrected chi connectivity index (χ3v) is 4.95. The Bertz CT molecular complexity index is 990. The molecule has 2 N–H and O–H groups in total. The molecule has 1 saturated heterocycles. The normalized spacial score (nSPS) is 20.3. The van der Waals surface area contributed by atoms with E-state index in [1.54, 1.807) is 37.3 Å². The molecule has 0 unspecified atom stereocenters. The number of para-hydroxylation sites is 1. The van der Waals surface area contributed by atoms with Crippen molar-refractivity contribution in [1.82, 2.24) is 10.2 Å². The summed E-state index contributed by atoms with van der Waals surface area (Å²) in [6.45, 7) is 3.20. The van der Waals surface area contributed by atoms with E-state index in [0.717, 1.165) is 10.5 Å². The number of imide groups is 1. The van der Waals surface area contributed by atoms with Crippen molar-refractivity contribution < 1.29 is 23.9 Å². The molecule has 2 aromatic carbocycles. The van der Waals surface area contributed by atoms with E-state index in [9.17, 15) is 14.4 Å². The number of carbonyl (C=O) groups is 3. The van der Waals surface area contributed by atoms with Crippen LogP contribution in [-0.4, -0.2) is 36.1 Å². The molecule has 8 heteroatoms. The number of fused-ring (bicyclic) bond motifs is 1. The van der Waals surface area contributed by atoms with Crippen LogP contribution in [0.1, 0.15) is 18.1 Å².